The maximum absolute atomic E-state index is 11.6. The van der Waals surface area contributed by atoms with Crippen LogP contribution in [0.3, 0.4) is 0 Å². The summed E-state index contributed by atoms with van der Waals surface area (Å²) in [6, 6.07) is 0. The first-order chi connectivity index (χ1) is 13.3. The molecule has 4 aliphatic carbocycles. The minimum absolute atomic E-state index is 0.0413. The van der Waals surface area contributed by atoms with Crippen LogP contribution in [0, 0.1) is 46.3 Å². The fraction of sp³-hybridized carbons (Fsp3) is 0.885. The van der Waals surface area contributed by atoms with Crippen molar-refractivity contribution in [3.8, 4) is 0 Å². The Labute approximate surface area is 172 Å². The Kier molecular flexibility index (Phi) is 5.47. The lowest BCUT2D eigenvalue weighted by atomic mass is 9.44. The summed E-state index contributed by atoms with van der Waals surface area (Å²) < 4.78 is 4.89. The second kappa shape index (κ2) is 7.47. The molecule has 2 heteroatoms. The lowest BCUT2D eigenvalue weighted by Crippen LogP contribution is -2.53. The van der Waals surface area contributed by atoms with Crippen molar-refractivity contribution in [1.29, 1.82) is 0 Å². The van der Waals surface area contributed by atoms with Crippen molar-refractivity contribution in [2.24, 2.45) is 46.3 Å². The van der Waals surface area contributed by atoms with Crippen LogP contribution in [0.2, 0.25) is 0 Å². The summed E-state index contributed by atoms with van der Waals surface area (Å²) in [5.74, 6) is 5.09. The molecule has 4 fully saturated rings. The van der Waals surface area contributed by atoms with E-state index in [1.807, 2.05) is 0 Å². The predicted molar refractivity (Wildman–Crippen MR) is 115 cm³/mol. The Balaban J connectivity index is 1.49. The molecule has 2 nitrogen and oxygen atoms in total. The molecule has 0 spiro atoms. The molecule has 158 valence electrons. The summed E-state index contributed by atoms with van der Waals surface area (Å²) in [4.78, 5) is 11.6. The van der Waals surface area contributed by atoms with Crippen molar-refractivity contribution in [3.05, 3.63) is 12.2 Å². The molecule has 0 amide bonds. The molecule has 4 aliphatic rings. The molecule has 0 bridgehead atoms. The summed E-state index contributed by atoms with van der Waals surface area (Å²) in [5, 5.41) is 0. The summed E-state index contributed by atoms with van der Waals surface area (Å²) in [6.07, 6.45) is 14.1. The van der Waals surface area contributed by atoms with Gasteiger partial charge in [0.2, 0.25) is 0 Å². The Morgan fingerprint density at radius 3 is 2.61 bits per heavy atom. The van der Waals surface area contributed by atoms with E-state index in [1.54, 1.807) is 0 Å². The van der Waals surface area contributed by atoms with Crippen molar-refractivity contribution >= 4 is 5.97 Å². The molecule has 0 aromatic rings. The van der Waals surface area contributed by atoms with Gasteiger partial charge in [0.1, 0.15) is 0 Å². The molecule has 8 atom stereocenters. The highest BCUT2D eigenvalue weighted by molar-refractivity contribution is 5.69. The lowest BCUT2D eigenvalue weighted by molar-refractivity contribution is -0.141. The molecule has 0 aliphatic heterocycles. The maximum Gasteiger partial charge on any atom is 0.305 e. The van der Waals surface area contributed by atoms with Crippen LogP contribution >= 0.6 is 0 Å². The van der Waals surface area contributed by atoms with Crippen LogP contribution in [-0.2, 0) is 9.53 Å². The first-order valence-electron chi connectivity index (χ1n) is 12.0. The fourth-order valence-electron chi connectivity index (χ4n) is 8.78. The second-order valence-electron chi connectivity index (χ2n) is 11.4. The molecule has 0 saturated heterocycles. The lowest BCUT2D eigenvalue weighted by Gasteiger charge is -2.61. The van der Waals surface area contributed by atoms with Gasteiger partial charge in [0.15, 0.2) is 0 Å². The van der Waals surface area contributed by atoms with E-state index in [-0.39, 0.29) is 5.97 Å². The smallest absolute Gasteiger partial charge is 0.305 e. The van der Waals surface area contributed by atoms with Gasteiger partial charge in [-0.05, 0) is 111 Å². The quantitative estimate of drug-likeness (QED) is 0.393. The van der Waals surface area contributed by atoms with Gasteiger partial charge in [0.05, 0.1) is 7.11 Å². The third-order valence-electron chi connectivity index (χ3n) is 10.4. The van der Waals surface area contributed by atoms with E-state index in [0.717, 1.165) is 36.0 Å². The molecule has 4 saturated carbocycles. The third-order valence-corrected chi connectivity index (χ3v) is 10.4. The van der Waals surface area contributed by atoms with E-state index < -0.39 is 0 Å². The highest BCUT2D eigenvalue weighted by Crippen LogP contribution is 2.68. The van der Waals surface area contributed by atoms with Crippen molar-refractivity contribution in [2.75, 3.05) is 7.11 Å². The molecule has 0 N–H and O–H groups in total. The summed E-state index contributed by atoms with van der Waals surface area (Å²) in [5.41, 5.74) is 2.58. The SMILES string of the molecule is C=C1CC[C@@]2(C)C(CCC3C2CC[C@@]2(C)C3CC[C@@H]2C(C)CCC(=O)OC)C1. The topological polar surface area (TPSA) is 26.3 Å². The average molecular weight is 387 g/mol. The number of allylic oxidation sites excluding steroid dienone is 1. The van der Waals surface area contributed by atoms with Crippen LogP contribution in [0.4, 0.5) is 0 Å². The Hall–Kier alpha value is -0.790. The zero-order chi connectivity index (χ0) is 20.1. The molecule has 0 aromatic carbocycles. The van der Waals surface area contributed by atoms with Gasteiger partial charge in [0, 0.05) is 6.42 Å². The van der Waals surface area contributed by atoms with Crippen LogP contribution in [0.25, 0.3) is 0 Å². The fourth-order valence-corrected chi connectivity index (χ4v) is 8.78. The van der Waals surface area contributed by atoms with E-state index in [2.05, 4.69) is 27.4 Å². The number of rotatable bonds is 4. The Bertz CT molecular complexity index is 624. The van der Waals surface area contributed by atoms with Crippen LogP contribution in [0.5, 0.6) is 0 Å². The molecule has 0 aromatic heterocycles. The number of esters is 1. The van der Waals surface area contributed by atoms with E-state index in [0.29, 0.717) is 23.2 Å². The van der Waals surface area contributed by atoms with Crippen molar-refractivity contribution in [3.63, 3.8) is 0 Å². The van der Waals surface area contributed by atoms with Gasteiger partial charge in [-0.15, -0.1) is 0 Å². The molecular formula is C26H42O2. The van der Waals surface area contributed by atoms with E-state index in [4.69, 9.17) is 4.74 Å². The van der Waals surface area contributed by atoms with Gasteiger partial charge in [-0.3, -0.25) is 4.79 Å². The summed E-state index contributed by atoms with van der Waals surface area (Å²) in [6.45, 7) is 12.0. The number of hydrogen-bond acceptors (Lipinski definition) is 2. The first-order valence-corrected chi connectivity index (χ1v) is 12.0. The van der Waals surface area contributed by atoms with Gasteiger partial charge in [-0.1, -0.05) is 32.9 Å². The number of hydrogen-bond donors (Lipinski definition) is 0. The minimum Gasteiger partial charge on any atom is -0.469 e. The van der Waals surface area contributed by atoms with E-state index >= 15 is 0 Å². The van der Waals surface area contributed by atoms with Gasteiger partial charge in [-0.25, -0.2) is 0 Å². The Morgan fingerprint density at radius 2 is 1.86 bits per heavy atom. The minimum atomic E-state index is -0.0413. The van der Waals surface area contributed by atoms with Crippen LogP contribution in [0.1, 0.15) is 91.4 Å². The predicted octanol–water partition coefficient (Wildman–Crippen LogP) is 6.79. The molecule has 0 radical (unpaired) electrons. The summed E-state index contributed by atoms with van der Waals surface area (Å²) >= 11 is 0. The summed E-state index contributed by atoms with van der Waals surface area (Å²) in [7, 11) is 1.51. The maximum atomic E-state index is 11.6. The molecule has 4 rings (SSSR count). The number of carbonyl (C=O) groups excluding carboxylic acids is 1. The van der Waals surface area contributed by atoms with Crippen LogP contribution in [0.15, 0.2) is 12.2 Å². The zero-order valence-electron chi connectivity index (χ0n) is 18.8. The number of fused-ring (bicyclic) bond motifs is 5. The van der Waals surface area contributed by atoms with Gasteiger partial charge in [0.25, 0.3) is 0 Å². The highest BCUT2D eigenvalue weighted by Gasteiger charge is 2.60. The molecule has 5 unspecified atom stereocenters. The van der Waals surface area contributed by atoms with E-state index in [1.165, 1.54) is 70.5 Å². The van der Waals surface area contributed by atoms with Gasteiger partial charge >= 0.3 is 5.97 Å². The number of methoxy groups -OCH3 is 1. The molecule has 0 heterocycles. The number of ether oxygens (including phenoxy) is 1. The molecular weight excluding hydrogens is 344 g/mol. The monoisotopic (exact) mass is 386 g/mol. The van der Waals surface area contributed by atoms with Crippen molar-refractivity contribution in [1.82, 2.24) is 0 Å². The second-order valence-corrected chi connectivity index (χ2v) is 11.4. The van der Waals surface area contributed by atoms with Crippen molar-refractivity contribution in [2.45, 2.75) is 91.4 Å². The van der Waals surface area contributed by atoms with Gasteiger partial charge < -0.3 is 4.74 Å². The largest absolute Gasteiger partial charge is 0.469 e. The van der Waals surface area contributed by atoms with Gasteiger partial charge in [-0.2, -0.15) is 0 Å². The molecule has 28 heavy (non-hydrogen) atoms. The standard InChI is InChI=1S/C26H42O2/c1-17-12-14-25(3)19(16-17)7-8-20-22-10-9-21(18(2)6-11-24(27)28-5)26(22,4)15-13-23(20)25/h18-23H,1,6-16H2,2-5H3/t18?,19?,20?,21-,22?,23?,25+,26-/m1/s1. The third kappa shape index (κ3) is 3.18. The average Bonchev–Trinajstić information content (AvgIpc) is 3.03. The van der Waals surface area contributed by atoms with E-state index in [9.17, 15) is 4.79 Å². The highest BCUT2D eigenvalue weighted by atomic mass is 16.5. The normalized spacial score (nSPS) is 46.3. The zero-order valence-corrected chi connectivity index (χ0v) is 18.8. The van der Waals surface area contributed by atoms with Crippen LogP contribution in [-0.4, -0.2) is 13.1 Å². The number of carbonyl (C=O) groups is 1. The van der Waals surface area contributed by atoms with Crippen LogP contribution < -0.4 is 0 Å². The first kappa shape index (κ1) is 20.5. The van der Waals surface area contributed by atoms with Crippen molar-refractivity contribution < 1.29 is 9.53 Å². The Morgan fingerprint density at radius 1 is 1.11 bits per heavy atom.